The van der Waals surface area contributed by atoms with Gasteiger partial charge in [-0.1, -0.05) is 12.1 Å². The molecule has 29 heavy (non-hydrogen) atoms. The second-order valence-electron chi connectivity index (χ2n) is 7.98. The van der Waals surface area contributed by atoms with Crippen molar-refractivity contribution in [1.29, 1.82) is 0 Å². The maximum atomic E-state index is 13.6. The number of hydrogen-bond acceptors (Lipinski definition) is 4. The molecule has 1 aliphatic carbocycles. The number of morpholine rings is 1. The topological polar surface area (TPSA) is 69.2 Å². The van der Waals surface area contributed by atoms with Crippen molar-refractivity contribution in [3.05, 3.63) is 35.6 Å². The largest absolute Gasteiger partial charge is 0.379 e. The minimum atomic E-state index is -0.206. The Morgan fingerprint density at radius 2 is 2.03 bits per heavy atom. The summed E-state index contributed by atoms with van der Waals surface area (Å²) in [5.74, 6) is 0.365. The van der Waals surface area contributed by atoms with Crippen LogP contribution in [0.15, 0.2) is 29.3 Å². The zero-order valence-electron chi connectivity index (χ0n) is 17.4. The average Bonchev–Trinajstić information content (AvgIpc) is 3.51. The van der Waals surface area contributed by atoms with Gasteiger partial charge >= 0.3 is 0 Å². The van der Waals surface area contributed by atoms with E-state index in [-0.39, 0.29) is 23.7 Å². The van der Waals surface area contributed by atoms with Crippen LogP contribution < -0.4 is 10.6 Å². The van der Waals surface area contributed by atoms with Gasteiger partial charge in [0, 0.05) is 52.2 Å². The summed E-state index contributed by atoms with van der Waals surface area (Å²) >= 11 is 0. The fourth-order valence-corrected chi connectivity index (χ4v) is 3.41. The molecule has 8 heteroatoms. The molecule has 1 aromatic rings. The van der Waals surface area contributed by atoms with Crippen molar-refractivity contribution in [2.75, 3.05) is 66.6 Å². The van der Waals surface area contributed by atoms with Crippen LogP contribution in [0.3, 0.4) is 0 Å². The Hall–Kier alpha value is -2.19. The van der Waals surface area contributed by atoms with Gasteiger partial charge in [0.2, 0.25) is 5.91 Å². The summed E-state index contributed by atoms with van der Waals surface area (Å²) in [7, 11) is 3.44. The van der Waals surface area contributed by atoms with Crippen LogP contribution in [-0.2, 0) is 14.9 Å². The van der Waals surface area contributed by atoms with Crippen molar-refractivity contribution >= 4 is 11.9 Å². The number of carbonyl (C=O) groups is 1. The summed E-state index contributed by atoms with van der Waals surface area (Å²) in [6, 6.07) is 6.83. The van der Waals surface area contributed by atoms with E-state index in [1.165, 1.54) is 11.0 Å². The molecule has 0 radical (unpaired) electrons. The van der Waals surface area contributed by atoms with Crippen molar-refractivity contribution < 1.29 is 13.9 Å². The minimum absolute atomic E-state index is 0.0504. The Labute approximate surface area is 172 Å². The van der Waals surface area contributed by atoms with Crippen LogP contribution in [0.2, 0.25) is 0 Å². The number of benzene rings is 1. The molecule has 0 bridgehead atoms. The third-order valence-electron chi connectivity index (χ3n) is 5.58. The van der Waals surface area contributed by atoms with E-state index < -0.39 is 0 Å². The highest BCUT2D eigenvalue weighted by Gasteiger charge is 2.44. The first kappa shape index (κ1) is 21.5. The maximum Gasteiger partial charge on any atom is 0.243 e. The normalized spacial score (nSPS) is 18.9. The zero-order chi connectivity index (χ0) is 20.7. The number of halogens is 1. The van der Waals surface area contributed by atoms with E-state index in [1.54, 1.807) is 26.2 Å². The predicted molar refractivity (Wildman–Crippen MR) is 112 cm³/mol. The maximum absolute atomic E-state index is 13.6. The molecule has 160 valence electrons. The molecule has 0 unspecified atom stereocenters. The number of carbonyl (C=O) groups excluding carboxylic acids is 1. The smallest absolute Gasteiger partial charge is 0.243 e. The van der Waals surface area contributed by atoms with Gasteiger partial charge in [-0.25, -0.2) is 9.38 Å². The molecule has 7 nitrogen and oxygen atoms in total. The number of ether oxygens (including phenoxy) is 1. The van der Waals surface area contributed by atoms with Crippen molar-refractivity contribution in [1.82, 2.24) is 20.4 Å². The summed E-state index contributed by atoms with van der Waals surface area (Å²) in [6.45, 7) is 5.78. The first-order chi connectivity index (χ1) is 14.0. The van der Waals surface area contributed by atoms with E-state index in [4.69, 9.17) is 4.74 Å². The second-order valence-corrected chi connectivity index (χ2v) is 7.98. The molecule has 1 aromatic carbocycles. The number of rotatable bonds is 8. The van der Waals surface area contributed by atoms with Crippen LogP contribution in [0.4, 0.5) is 4.39 Å². The molecule has 1 amide bonds. The van der Waals surface area contributed by atoms with Gasteiger partial charge < -0.3 is 20.3 Å². The van der Waals surface area contributed by atoms with E-state index in [0.717, 1.165) is 57.8 Å². The van der Waals surface area contributed by atoms with E-state index in [9.17, 15) is 9.18 Å². The van der Waals surface area contributed by atoms with Crippen molar-refractivity contribution in [3.8, 4) is 0 Å². The van der Waals surface area contributed by atoms with Gasteiger partial charge in [-0.05, 0) is 30.5 Å². The predicted octanol–water partition coefficient (Wildman–Crippen LogP) is 0.813. The summed E-state index contributed by atoms with van der Waals surface area (Å²) in [5, 5.41) is 6.71. The molecule has 3 rings (SSSR count). The van der Waals surface area contributed by atoms with Crippen molar-refractivity contribution in [2.45, 2.75) is 18.3 Å². The molecule has 1 saturated carbocycles. The molecule has 1 heterocycles. The average molecular weight is 406 g/mol. The van der Waals surface area contributed by atoms with Gasteiger partial charge in [0.25, 0.3) is 0 Å². The zero-order valence-corrected chi connectivity index (χ0v) is 17.4. The lowest BCUT2D eigenvalue weighted by atomic mass is 9.96. The van der Waals surface area contributed by atoms with Gasteiger partial charge in [0.05, 0.1) is 13.2 Å². The van der Waals surface area contributed by atoms with Gasteiger partial charge in [-0.15, -0.1) is 0 Å². The highest BCUT2D eigenvalue weighted by atomic mass is 19.1. The SMILES string of the molecule is CN(C)C(=O)CN=C(NCCN1CCOCC1)NCC1(c2cccc(F)c2)CC1. The third kappa shape index (κ3) is 6.40. The monoisotopic (exact) mass is 405 g/mol. The van der Waals surface area contributed by atoms with Crippen LogP contribution >= 0.6 is 0 Å². The highest BCUT2D eigenvalue weighted by Crippen LogP contribution is 2.47. The number of likely N-dealkylation sites (N-methyl/N-ethyl adjacent to an activating group) is 1. The van der Waals surface area contributed by atoms with E-state index in [1.807, 2.05) is 6.07 Å². The van der Waals surface area contributed by atoms with E-state index >= 15 is 0 Å². The lowest BCUT2D eigenvalue weighted by Crippen LogP contribution is -2.46. The molecule has 1 saturated heterocycles. The molecule has 1 aliphatic heterocycles. The minimum Gasteiger partial charge on any atom is -0.379 e. The number of aliphatic imine (C=N–C) groups is 1. The number of nitrogens with one attached hydrogen (secondary N) is 2. The number of amides is 1. The molecule has 0 atom stereocenters. The number of nitrogens with zero attached hydrogens (tertiary/aromatic N) is 3. The van der Waals surface area contributed by atoms with Crippen molar-refractivity contribution in [3.63, 3.8) is 0 Å². The standard InChI is InChI=1S/C21H32FN5O2/c1-26(2)19(28)15-24-20(23-8-9-27-10-12-29-13-11-27)25-16-21(6-7-21)17-4-3-5-18(22)14-17/h3-5,14H,6-13,15-16H2,1-2H3,(H2,23,24,25). The summed E-state index contributed by atoms with van der Waals surface area (Å²) in [4.78, 5) is 20.3. The number of guanidine groups is 1. The Balaban J connectivity index is 1.56. The Bertz CT molecular complexity index is 715. The van der Waals surface area contributed by atoms with Crippen LogP contribution in [0.1, 0.15) is 18.4 Å². The second kappa shape index (κ2) is 10.0. The van der Waals surface area contributed by atoms with Crippen LogP contribution in [0.25, 0.3) is 0 Å². The quantitative estimate of drug-likeness (QED) is 0.495. The van der Waals surface area contributed by atoms with Crippen LogP contribution in [0, 0.1) is 5.82 Å². The molecule has 2 N–H and O–H groups in total. The van der Waals surface area contributed by atoms with Crippen LogP contribution in [0.5, 0.6) is 0 Å². The fraction of sp³-hybridized carbons (Fsp3) is 0.619. The Morgan fingerprint density at radius 1 is 1.28 bits per heavy atom. The molecule has 0 spiro atoms. The number of hydrogen-bond donors (Lipinski definition) is 2. The summed E-state index contributed by atoms with van der Waals surface area (Å²) in [6.07, 6.45) is 2.03. The lowest BCUT2D eigenvalue weighted by molar-refractivity contribution is -0.127. The van der Waals surface area contributed by atoms with Gasteiger partial charge in [0.15, 0.2) is 5.96 Å². The first-order valence-corrected chi connectivity index (χ1v) is 10.3. The molecular weight excluding hydrogens is 373 g/mol. The fourth-order valence-electron chi connectivity index (χ4n) is 3.41. The Morgan fingerprint density at radius 3 is 2.69 bits per heavy atom. The Kier molecular flexibility index (Phi) is 7.44. The van der Waals surface area contributed by atoms with Gasteiger partial charge in [0.1, 0.15) is 12.4 Å². The lowest BCUT2D eigenvalue weighted by Gasteiger charge is -2.27. The van der Waals surface area contributed by atoms with Crippen LogP contribution in [-0.4, -0.2) is 88.2 Å². The highest BCUT2D eigenvalue weighted by molar-refractivity contribution is 5.84. The van der Waals surface area contributed by atoms with E-state index in [2.05, 4.69) is 20.5 Å². The summed E-state index contributed by atoms with van der Waals surface area (Å²) in [5.41, 5.74) is 0.961. The van der Waals surface area contributed by atoms with Crippen molar-refractivity contribution in [2.24, 2.45) is 4.99 Å². The molecular formula is C21H32FN5O2. The first-order valence-electron chi connectivity index (χ1n) is 10.3. The van der Waals surface area contributed by atoms with Gasteiger partial charge in [-0.3, -0.25) is 9.69 Å². The van der Waals surface area contributed by atoms with E-state index in [0.29, 0.717) is 12.5 Å². The molecule has 2 aliphatic rings. The molecule has 0 aromatic heterocycles. The third-order valence-corrected chi connectivity index (χ3v) is 5.58. The summed E-state index contributed by atoms with van der Waals surface area (Å²) < 4.78 is 19.0. The van der Waals surface area contributed by atoms with Gasteiger partial charge in [-0.2, -0.15) is 0 Å². The molecule has 2 fully saturated rings.